The summed E-state index contributed by atoms with van der Waals surface area (Å²) in [4.78, 5) is 13.0. The van der Waals surface area contributed by atoms with Gasteiger partial charge in [-0.3, -0.25) is 0 Å². The quantitative estimate of drug-likeness (QED) is 0.702. The van der Waals surface area contributed by atoms with E-state index in [-0.39, 0.29) is 22.5 Å². The highest BCUT2D eigenvalue weighted by Crippen LogP contribution is 2.25. The van der Waals surface area contributed by atoms with Crippen molar-refractivity contribution in [2.75, 3.05) is 19.8 Å². The fourth-order valence-electron chi connectivity index (χ4n) is 1.56. The third-order valence-corrected chi connectivity index (χ3v) is 4.17. The zero-order valence-corrected chi connectivity index (χ0v) is 10.6. The molecule has 2 heterocycles. The second kappa shape index (κ2) is 4.38. The Morgan fingerprint density at radius 2 is 2.28 bits per heavy atom. The van der Waals surface area contributed by atoms with Crippen LogP contribution in [-0.2, 0) is 14.8 Å². The first-order valence-corrected chi connectivity index (χ1v) is 6.80. The number of carboxylic acids is 1. The molecule has 0 atom stereocenters. The van der Waals surface area contributed by atoms with Crippen molar-refractivity contribution in [3.63, 3.8) is 0 Å². The largest absolute Gasteiger partial charge is 0.477 e. The summed E-state index contributed by atoms with van der Waals surface area (Å²) in [5.41, 5.74) is -0.340. The van der Waals surface area contributed by atoms with E-state index in [1.165, 1.54) is 0 Å². The standard InChI is InChI=1S/C10H14N2O5S/c1-10(5-17-6-10)4-12-18(15,16)7-2-8(9(13)14)11-3-7/h2-3,11-12H,4-6H2,1H3,(H,13,14). The van der Waals surface area contributed by atoms with Crippen LogP contribution in [-0.4, -0.2) is 44.2 Å². The second-order valence-electron chi connectivity index (χ2n) is 4.68. The Balaban J connectivity index is 2.07. The minimum Gasteiger partial charge on any atom is -0.477 e. The van der Waals surface area contributed by atoms with E-state index in [0.717, 1.165) is 12.3 Å². The van der Waals surface area contributed by atoms with Gasteiger partial charge in [0.25, 0.3) is 0 Å². The predicted molar refractivity (Wildman–Crippen MR) is 61.9 cm³/mol. The molecule has 2 rings (SSSR count). The van der Waals surface area contributed by atoms with Gasteiger partial charge in [0.1, 0.15) is 10.6 Å². The average molecular weight is 274 g/mol. The van der Waals surface area contributed by atoms with Gasteiger partial charge in [0.15, 0.2) is 0 Å². The van der Waals surface area contributed by atoms with E-state index in [9.17, 15) is 13.2 Å². The SMILES string of the molecule is CC1(CNS(=O)(=O)c2c[nH]c(C(=O)O)c2)COC1. The van der Waals surface area contributed by atoms with E-state index in [2.05, 4.69) is 9.71 Å². The Kier molecular flexibility index (Phi) is 3.18. The number of aromatic carboxylic acids is 1. The summed E-state index contributed by atoms with van der Waals surface area (Å²) in [6, 6.07) is 1.09. The molecule has 1 aliphatic rings. The van der Waals surface area contributed by atoms with Gasteiger partial charge in [-0.1, -0.05) is 6.92 Å². The Morgan fingerprint density at radius 3 is 2.72 bits per heavy atom. The molecule has 0 radical (unpaired) electrons. The number of sulfonamides is 1. The predicted octanol–water partition coefficient (Wildman–Crippen LogP) is 0.0277. The molecule has 100 valence electrons. The van der Waals surface area contributed by atoms with Crippen molar-refractivity contribution < 1.29 is 23.1 Å². The van der Waals surface area contributed by atoms with Crippen molar-refractivity contribution in [3.05, 3.63) is 18.0 Å². The normalized spacial score (nSPS) is 18.3. The first-order chi connectivity index (χ1) is 8.32. The van der Waals surface area contributed by atoms with Crippen LogP contribution < -0.4 is 4.72 Å². The monoisotopic (exact) mass is 274 g/mol. The molecule has 0 bridgehead atoms. The number of aromatic amines is 1. The molecule has 0 saturated carbocycles. The molecular weight excluding hydrogens is 260 g/mol. The fraction of sp³-hybridized carbons (Fsp3) is 0.500. The maximum Gasteiger partial charge on any atom is 0.352 e. The zero-order valence-electron chi connectivity index (χ0n) is 9.76. The van der Waals surface area contributed by atoms with Crippen LogP contribution >= 0.6 is 0 Å². The molecule has 8 heteroatoms. The number of H-pyrrole nitrogens is 1. The average Bonchev–Trinajstić information content (AvgIpc) is 2.73. The van der Waals surface area contributed by atoms with Gasteiger partial charge < -0.3 is 14.8 Å². The van der Waals surface area contributed by atoms with Crippen molar-refractivity contribution in [2.45, 2.75) is 11.8 Å². The molecule has 0 amide bonds. The molecule has 7 nitrogen and oxygen atoms in total. The Bertz CT molecular complexity index is 559. The highest BCUT2D eigenvalue weighted by Gasteiger charge is 2.34. The maximum atomic E-state index is 11.9. The molecule has 0 aromatic carbocycles. The number of ether oxygens (including phenoxy) is 1. The molecule has 18 heavy (non-hydrogen) atoms. The Hall–Kier alpha value is -1.38. The molecule has 1 saturated heterocycles. The van der Waals surface area contributed by atoms with Crippen LogP contribution in [0.15, 0.2) is 17.2 Å². The molecule has 1 aromatic heterocycles. The minimum absolute atomic E-state index is 0.0799. The lowest BCUT2D eigenvalue weighted by molar-refractivity contribution is -0.0965. The van der Waals surface area contributed by atoms with Gasteiger partial charge in [-0.15, -0.1) is 0 Å². The van der Waals surface area contributed by atoms with Crippen LogP contribution in [0.1, 0.15) is 17.4 Å². The highest BCUT2D eigenvalue weighted by atomic mass is 32.2. The summed E-state index contributed by atoms with van der Waals surface area (Å²) in [6.07, 6.45) is 1.16. The highest BCUT2D eigenvalue weighted by molar-refractivity contribution is 7.89. The Morgan fingerprint density at radius 1 is 1.61 bits per heavy atom. The van der Waals surface area contributed by atoms with Crippen LogP contribution in [0.2, 0.25) is 0 Å². The molecule has 3 N–H and O–H groups in total. The number of nitrogens with one attached hydrogen (secondary N) is 2. The van der Waals surface area contributed by atoms with Gasteiger partial charge in [-0.2, -0.15) is 0 Å². The van der Waals surface area contributed by atoms with E-state index in [0.29, 0.717) is 13.2 Å². The molecule has 1 fully saturated rings. The molecule has 1 aromatic rings. The van der Waals surface area contributed by atoms with Crippen LogP contribution in [0.3, 0.4) is 0 Å². The summed E-state index contributed by atoms with van der Waals surface area (Å²) in [7, 11) is -3.68. The Labute approximate surface area is 104 Å². The summed E-state index contributed by atoms with van der Waals surface area (Å²) in [5.74, 6) is -1.20. The fourth-order valence-corrected chi connectivity index (χ4v) is 2.75. The van der Waals surface area contributed by atoms with Gasteiger partial charge in [0.05, 0.1) is 13.2 Å². The van der Waals surface area contributed by atoms with Crippen molar-refractivity contribution in [3.8, 4) is 0 Å². The van der Waals surface area contributed by atoms with E-state index >= 15 is 0 Å². The molecule has 0 unspecified atom stereocenters. The lowest BCUT2D eigenvalue weighted by atomic mass is 9.89. The van der Waals surface area contributed by atoms with E-state index < -0.39 is 16.0 Å². The molecule has 0 spiro atoms. The van der Waals surface area contributed by atoms with E-state index in [4.69, 9.17) is 9.84 Å². The van der Waals surface area contributed by atoms with Gasteiger partial charge in [0.2, 0.25) is 10.0 Å². The number of rotatable bonds is 5. The summed E-state index contributed by atoms with van der Waals surface area (Å²) < 4.78 is 31.3. The number of aromatic nitrogens is 1. The number of carbonyl (C=O) groups is 1. The topological polar surface area (TPSA) is 108 Å². The van der Waals surface area contributed by atoms with E-state index in [1.54, 1.807) is 0 Å². The first-order valence-electron chi connectivity index (χ1n) is 5.32. The molecule has 1 aliphatic heterocycles. The molecule has 0 aliphatic carbocycles. The first kappa shape index (κ1) is 13.1. The molecular formula is C10H14N2O5S. The third kappa shape index (κ3) is 2.55. The summed E-state index contributed by atoms with van der Waals surface area (Å²) in [5, 5.41) is 8.71. The van der Waals surface area contributed by atoms with Crippen LogP contribution in [0.4, 0.5) is 0 Å². The van der Waals surface area contributed by atoms with Crippen molar-refractivity contribution in [1.29, 1.82) is 0 Å². The smallest absolute Gasteiger partial charge is 0.352 e. The van der Waals surface area contributed by atoms with Crippen LogP contribution in [0.25, 0.3) is 0 Å². The van der Waals surface area contributed by atoms with Crippen molar-refractivity contribution >= 4 is 16.0 Å². The number of carboxylic acid groups (broad SMARTS) is 1. The van der Waals surface area contributed by atoms with Crippen LogP contribution in [0, 0.1) is 5.41 Å². The second-order valence-corrected chi connectivity index (χ2v) is 6.45. The summed E-state index contributed by atoms with van der Waals surface area (Å²) in [6.45, 7) is 3.22. The van der Waals surface area contributed by atoms with Gasteiger partial charge in [0, 0.05) is 18.2 Å². The minimum atomic E-state index is -3.68. The van der Waals surface area contributed by atoms with Gasteiger partial charge in [-0.25, -0.2) is 17.9 Å². The van der Waals surface area contributed by atoms with Crippen molar-refractivity contribution in [1.82, 2.24) is 9.71 Å². The van der Waals surface area contributed by atoms with E-state index in [1.807, 2.05) is 6.92 Å². The van der Waals surface area contributed by atoms with Gasteiger partial charge in [-0.05, 0) is 6.07 Å². The lowest BCUT2D eigenvalue weighted by Gasteiger charge is -2.37. The van der Waals surface area contributed by atoms with Gasteiger partial charge >= 0.3 is 5.97 Å². The maximum absolute atomic E-state index is 11.9. The van der Waals surface area contributed by atoms with Crippen molar-refractivity contribution in [2.24, 2.45) is 5.41 Å². The number of hydrogen-bond acceptors (Lipinski definition) is 4. The third-order valence-electron chi connectivity index (χ3n) is 2.79. The van der Waals surface area contributed by atoms with Crippen LogP contribution in [0.5, 0.6) is 0 Å². The lowest BCUT2D eigenvalue weighted by Crippen LogP contribution is -2.48. The summed E-state index contributed by atoms with van der Waals surface area (Å²) >= 11 is 0. The zero-order chi connectivity index (χ0) is 13.4. The number of hydrogen-bond donors (Lipinski definition) is 3.